The van der Waals surface area contributed by atoms with E-state index in [4.69, 9.17) is 4.74 Å². The fraction of sp³-hybridized carbons (Fsp3) is 0.160. The van der Waals surface area contributed by atoms with Crippen LogP contribution < -0.4 is 15.0 Å². The molecule has 0 spiro atoms. The Hall–Kier alpha value is -4.60. The number of ether oxygens (including phenoxy) is 1. The number of amides is 2. The highest BCUT2D eigenvalue weighted by Crippen LogP contribution is 2.30. The average Bonchev–Trinajstić information content (AvgIpc) is 3.25. The maximum absolute atomic E-state index is 13.6. The minimum atomic E-state index is -1.02. The van der Waals surface area contributed by atoms with Crippen molar-refractivity contribution in [3.63, 3.8) is 0 Å². The van der Waals surface area contributed by atoms with Crippen LogP contribution in [0.3, 0.4) is 0 Å². The highest BCUT2D eigenvalue weighted by molar-refractivity contribution is 6.00. The molecule has 1 fully saturated rings. The van der Waals surface area contributed by atoms with Gasteiger partial charge in [-0.2, -0.15) is 4.39 Å². The number of esters is 1. The molecule has 0 aromatic heterocycles. The van der Waals surface area contributed by atoms with Gasteiger partial charge in [0.1, 0.15) is 5.75 Å². The van der Waals surface area contributed by atoms with Crippen LogP contribution in [0.2, 0.25) is 0 Å². The lowest BCUT2D eigenvalue weighted by molar-refractivity contribution is -0.387. The van der Waals surface area contributed by atoms with Gasteiger partial charge in [0.15, 0.2) is 0 Å². The van der Waals surface area contributed by atoms with Crippen LogP contribution in [0, 0.1) is 21.8 Å². The summed E-state index contributed by atoms with van der Waals surface area (Å²) in [6.07, 6.45) is -0.165. The standard InChI is InChI=1S/C25H20FN3O6/c26-21-10-9-19(13-22(21)29(33)34)28-15-18(12-23(28)30)25(32)35-20-8-4-7-17(11-20)24(31)27-14-16-5-2-1-3-6-16/h1-11,13,18H,12,14-15H2,(H,27,31). The van der Waals surface area contributed by atoms with E-state index in [1.807, 2.05) is 30.3 Å². The maximum atomic E-state index is 13.6. The summed E-state index contributed by atoms with van der Waals surface area (Å²) in [5, 5.41) is 13.8. The first-order valence-electron chi connectivity index (χ1n) is 10.7. The van der Waals surface area contributed by atoms with Crippen molar-refractivity contribution in [3.8, 4) is 5.75 Å². The van der Waals surface area contributed by atoms with Gasteiger partial charge in [0.25, 0.3) is 5.91 Å². The van der Waals surface area contributed by atoms with Gasteiger partial charge in [-0.05, 0) is 35.9 Å². The van der Waals surface area contributed by atoms with E-state index in [9.17, 15) is 28.9 Å². The van der Waals surface area contributed by atoms with E-state index in [2.05, 4.69) is 5.32 Å². The summed E-state index contributed by atoms with van der Waals surface area (Å²) in [5.74, 6) is -3.17. The van der Waals surface area contributed by atoms with Crippen molar-refractivity contribution in [3.05, 3.63) is 99.9 Å². The Morgan fingerprint density at radius 3 is 2.60 bits per heavy atom. The molecule has 1 saturated heterocycles. The third-order valence-electron chi connectivity index (χ3n) is 5.51. The van der Waals surface area contributed by atoms with Crippen LogP contribution in [-0.4, -0.2) is 29.3 Å². The van der Waals surface area contributed by atoms with E-state index in [0.29, 0.717) is 12.1 Å². The minimum Gasteiger partial charge on any atom is -0.426 e. The SMILES string of the molecule is O=C(NCc1ccccc1)c1cccc(OC(=O)C2CC(=O)N(c3ccc(F)c([N+](=O)[O-])c3)C2)c1. The number of benzene rings is 3. The third-order valence-corrected chi connectivity index (χ3v) is 5.51. The van der Waals surface area contributed by atoms with Crippen LogP contribution in [0.1, 0.15) is 22.3 Å². The molecule has 1 aliphatic rings. The molecular formula is C25H20FN3O6. The van der Waals surface area contributed by atoms with E-state index < -0.39 is 34.2 Å². The molecule has 1 aliphatic heterocycles. The Kier molecular flexibility index (Phi) is 6.81. The Labute approximate surface area is 199 Å². The fourth-order valence-electron chi connectivity index (χ4n) is 3.70. The number of halogens is 1. The van der Waals surface area contributed by atoms with Crippen molar-refractivity contribution in [2.45, 2.75) is 13.0 Å². The smallest absolute Gasteiger partial charge is 0.316 e. The van der Waals surface area contributed by atoms with Crippen LogP contribution in [0.15, 0.2) is 72.8 Å². The summed E-state index contributed by atoms with van der Waals surface area (Å²) in [4.78, 5) is 48.9. The number of nitro benzene ring substituents is 1. The predicted octanol–water partition coefficient (Wildman–Crippen LogP) is 3.62. The molecule has 9 nitrogen and oxygen atoms in total. The Bertz CT molecular complexity index is 1300. The number of nitro groups is 1. The number of hydrogen-bond acceptors (Lipinski definition) is 6. The lowest BCUT2D eigenvalue weighted by Crippen LogP contribution is -2.27. The first kappa shape index (κ1) is 23.6. The van der Waals surface area contributed by atoms with E-state index >= 15 is 0 Å². The van der Waals surface area contributed by atoms with Crippen molar-refractivity contribution in [2.75, 3.05) is 11.4 Å². The quantitative estimate of drug-likeness (QED) is 0.240. The Balaban J connectivity index is 1.39. The van der Waals surface area contributed by atoms with Gasteiger partial charge in [-0.1, -0.05) is 36.4 Å². The molecule has 0 aliphatic carbocycles. The van der Waals surface area contributed by atoms with E-state index in [-0.39, 0.29) is 30.3 Å². The van der Waals surface area contributed by atoms with Gasteiger partial charge in [-0.15, -0.1) is 0 Å². The van der Waals surface area contributed by atoms with Crippen LogP contribution >= 0.6 is 0 Å². The molecule has 35 heavy (non-hydrogen) atoms. The minimum absolute atomic E-state index is 0.0717. The molecule has 10 heteroatoms. The first-order valence-corrected chi connectivity index (χ1v) is 10.7. The molecule has 0 saturated carbocycles. The van der Waals surface area contributed by atoms with Gasteiger partial charge in [-0.3, -0.25) is 24.5 Å². The molecule has 0 radical (unpaired) electrons. The number of carbonyl (C=O) groups excluding carboxylic acids is 3. The van der Waals surface area contributed by atoms with Crippen molar-refractivity contribution >= 4 is 29.2 Å². The van der Waals surface area contributed by atoms with E-state index in [1.54, 1.807) is 12.1 Å². The first-order chi connectivity index (χ1) is 16.8. The zero-order chi connectivity index (χ0) is 24.9. The summed E-state index contributed by atoms with van der Waals surface area (Å²) in [6.45, 7) is 0.267. The second-order valence-corrected chi connectivity index (χ2v) is 7.92. The van der Waals surface area contributed by atoms with E-state index in [0.717, 1.165) is 17.7 Å². The van der Waals surface area contributed by atoms with Gasteiger partial charge < -0.3 is 15.0 Å². The number of nitrogens with one attached hydrogen (secondary N) is 1. The molecule has 3 aromatic carbocycles. The zero-order valence-corrected chi connectivity index (χ0v) is 18.3. The number of hydrogen-bond donors (Lipinski definition) is 1. The van der Waals surface area contributed by atoms with Crippen molar-refractivity contribution in [1.82, 2.24) is 5.32 Å². The van der Waals surface area contributed by atoms with Crippen molar-refractivity contribution < 1.29 is 28.4 Å². The monoisotopic (exact) mass is 477 g/mol. The molecule has 1 N–H and O–H groups in total. The zero-order valence-electron chi connectivity index (χ0n) is 18.3. The molecule has 2 amide bonds. The Morgan fingerprint density at radius 1 is 1.09 bits per heavy atom. The van der Waals surface area contributed by atoms with Crippen LogP contribution in [0.25, 0.3) is 0 Å². The largest absolute Gasteiger partial charge is 0.426 e. The normalized spacial score (nSPS) is 15.1. The van der Waals surface area contributed by atoms with Gasteiger partial charge in [0, 0.05) is 31.1 Å². The van der Waals surface area contributed by atoms with E-state index in [1.165, 1.54) is 23.1 Å². The molecule has 1 heterocycles. The second kappa shape index (κ2) is 10.1. The highest BCUT2D eigenvalue weighted by atomic mass is 19.1. The van der Waals surface area contributed by atoms with Gasteiger partial charge >= 0.3 is 11.7 Å². The lowest BCUT2D eigenvalue weighted by atomic mass is 10.1. The average molecular weight is 477 g/mol. The highest BCUT2D eigenvalue weighted by Gasteiger charge is 2.37. The Morgan fingerprint density at radius 2 is 1.86 bits per heavy atom. The lowest BCUT2D eigenvalue weighted by Gasteiger charge is -2.16. The summed E-state index contributed by atoms with van der Waals surface area (Å²) in [6, 6.07) is 18.6. The van der Waals surface area contributed by atoms with Crippen molar-refractivity contribution in [1.29, 1.82) is 0 Å². The summed E-state index contributed by atoms with van der Waals surface area (Å²) in [5.41, 5.74) is 0.596. The number of nitrogens with zero attached hydrogens (tertiary/aromatic N) is 2. The number of anilines is 1. The third kappa shape index (κ3) is 5.49. The maximum Gasteiger partial charge on any atom is 0.316 e. The molecule has 4 rings (SSSR count). The number of carbonyl (C=O) groups is 3. The van der Waals surface area contributed by atoms with Crippen LogP contribution in [0.5, 0.6) is 5.75 Å². The topological polar surface area (TPSA) is 119 Å². The fourth-order valence-corrected chi connectivity index (χ4v) is 3.70. The molecular weight excluding hydrogens is 457 g/mol. The second-order valence-electron chi connectivity index (χ2n) is 7.92. The van der Waals surface area contributed by atoms with Gasteiger partial charge in [0.05, 0.1) is 16.5 Å². The molecule has 0 bridgehead atoms. The molecule has 1 unspecified atom stereocenters. The van der Waals surface area contributed by atoms with Crippen molar-refractivity contribution in [2.24, 2.45) is 5.92 Å². The molecule has 1 atom stereocenters. The van der Waals surface area contributed by atoms with Gasteiger partial charge in [-0.25, -0.2) is 0 Å². The summed E-state index contributed by atoms with van der Waals surface area (Å²) >= 11 is 0. The van der Waals surface area contributed by atoms with Gasteiger partial charge in [0.2, 0.25) is 11.7 Å². The summed E-state index contributed by atoms with van der Waals surface area (Å²) in [7, 11) is 0. The molecule has 178 valence electrons. The molecule has 3 aromatic rings. The predicted molar refractivity (Wildman–Crippen MR) is 123 cm³/mol. The number of rotatable bonds is 7. The summed E-state index contributed by atoms with van der Waals surface area (Å²) < 4.78 is 19.0. The van der Waals surface area contributed by atoms with Crippen LogP contribution in [0.4, 0.5) is 15.8 Å². The van der Waals surface area contributed by atoms with Crippen LogP contribution in [-0.2, 0) is 16.1 Å².